The van der Waals surface area contributed by atoms with Gasteiger partial charge < -0.3 is 10.9 Å². The Bertz CT molecular complexity index is 627. The Labute approximate surface area is 122 Å². The smallest absolute Gasteiger partial charge is 0.301 e. The number of anilines is 1. The number of halogens is 1. The monoisotopic (exact) mass is 318 g/mol. The number of oxime groups is 1. The molecule has 1 aliphatic rings. The zero-order valence-electron chi connectivity index (χ0n) is 10.6. The number of rotatable bonds is 4. The molecule has 0 amide bonds. The standard InChI is InChI=1S/C11H15ClN4O3S/c12-9-7-8(11(13)14-17)3-4-10(9)15-20(18,19)16-5-1-2-6-16/h3-4,7,15,17H,1-2,5-6H2,(H2,13,14). The van der Waals surface area contributed by atoms with Crippen molar-refractivity contribution >= 4 is 33.3 Å². The van der Waals surface area contributed by atoms with E-state index in [-0.39, 0.29) is 16.5 Å². The van der Waals surface area contributed by atoms with Crippen LogP contribution in [0.15, 0.2) is 23.4 Å². The summed E-state index contributed by atoms with van der Waals surface area (Å²) in [4.78, 5) is 0. The molecule has 1 aromatic rings. The predicted octanol–water partition coefficient (Wildman–Crippen LogP) is 1.19. The van der Waals surface area contributed by atoms with Gasteiger partial charge in [-0.3, -0.25) is 4.72 Å². The van der Waals surface area contributed by atoms with Crippen LogP contribution in [0, 0.1) is 0 Å². The first-order chi connectivity index (χ1) is 9.44. The molecule has 0 unspecified atom stereocenters. The highest BCUT2D eigenvalue weighted by Crippen LogP contribution is 2.25. The highest BCUT2D eigenvalue weighted by atomic mass is 35.5. The van der Waals surface area contributed by atoms with Crippen molar-refractivity contribution in [3.63, 3.8) is 0 Å². The van der Waals surface area contributed by atoms with E-state index in [0.717, 1.165) is 12.8 Å². The van der Waals surface area contributed by atoms with Crippen LogP contribution in [0.1, 0.15) is 18.4 Å². The first-order valence-electron chi connectivity index (χ1n) is 5.99. The third kappa shape index (κ3) is 3.14. The average Bonchev–Trinajstić information content (AvgIpc) is 2.95. The van der Waals surface area contributed by atoms with Crippen LogP contribution in [-0.4, -0.2) is 36.9 Å². The Kier molecular flexibility index (Phi) is 4.36. The molecule has 0 atom stereocenters. The van der Waals surface area contributed by atoms with Crippen LogP contribution in [0.2, 0.25) is 5.02 Å². The van der Waals surface area contributed by atoms with Crippen LogP contribution in [0.3, 0.4) is 0 Å². The summed E-state index contributed by atoms with van der Waals surface area (Å²) in [5, 5.41) is 11.6. The molecule has 7 nitrogen and oxygen atoms in total. The summed E-state index contributed by atoms with van der Waals surface area (Å²) >= 11 is 6.01. The largest absolute Gasteiger partial charge is 0.409 e. The number of nitrogens with two attached hydrogens (primary N) is 1. The predicted molar refractivity (Wildman–Crippen MR) is 77.3 cm³/mol. The zero-order valence-corrected chi connectivity index (χ0v) is 12.2. The quantitative estimate of drug-likeness (QED) is 0.335. The van der Waals surface area contributed by atoms with Gasteiger partial charge in [0.05, 0.1) is 10.7 Å². The normalized spacial score (nSPS) is 17.4. The Balaban J connectivity index is 2.22. The number of benzene rings is 1. The van der Waals surface area contributed by atoms with Crippen molar-refractivity contribution in [2.75, 3.05) is 17.8 Å². The SMILES string of the molecule is N/C(=N/O)c1ccc(NS(=O)(=O)N2CCCC2)c(Cl)c1. The number of nitrogens with zero attached hydrogens (tertiary/aromatic N) is 2. The number of hydrogen-bond acceptors (Lipinski definition) is 4. The maximum Gasteiger partial charge on any atom is 0.301 e. The summed E-state index contributed by atoms with van der Waals surface area (Å²) in [6.07, 6.45) is 1.72. The Morgan fingerprint density at radius 1 is 1.40 bits per heavy atom. The number of nitrogens with one attached hydrogen (secondary N) is 1. The summed E-state index contributed by atoms with van der Waals surface area (Å²) in [7, 11) is -3.59. The summed E-state index contributed by atoms with van der Waals surface area (Å²) in [5.41, 5.74) is 6.10. The molecule has 0 spiro atoms. The Morgan fingerprint density at radius 2 is 2.05 bits per heavy atom. The molecule has 1 heterocycles. The Morgan fingerprint density at radius 3 is 2.60 bits per heavy atom. The van der Waals surface area contributed by atoms with Gasteiger partial charge in [-0.25, -0.2) is 0 Å². The maximum absolute atomic E-state index is 12.1. The van der Waals surface area contributed by atoms with Gasteiger partial charge in [-0.05, 0) is 31.0 Å². The molecule has 2 rings (SSSR count). The van der Waals surface area contributed by atoms with E-state index in [1.54, 1.807) is 0 Å². The molecule has 4 N–H and O–H groups in total. The fourth-order valence-corrected chi connectivity index (χ4v) is 3.55. The van der Waals surface area contributed by atoms with E-state index in [2.05, 4.69) is 9.88 Å². The van der Waals surface area contributed by atoms with Gasteiger partial charge in [-0.15, -0.1) is 0 Å². The van der Waals surface area contributed by atoms with E-state index >= 15 is 0 Å². The van der Waals surface area contributed by atoms with E-state index in [1.807, 2.05) is 0 Å². The van der Waals surface area contributed by atoms with Gasteiger partial charge in [0, 0.05) is 18.7 Å². The van der Waals surface area contributed by atoms with E-state index in [9.17, 15) is 8.42 Å². The molecular weight excluding hydrogens is 304 g/mol. The van der Waals surface area contributed by atoms with Crippen molar-refractivity contribution in [3.8, 4) is 0 Å². The molecule has 9 heteroatoms. The minimum atomic E-state index is -3.59. The van der Waals surface area contributed by atoms with E-state index in [1.165, 1.54) is 22.5 Å². The van der Waals surface area contributed by atoms with Gasteiger partial charge in [0.1, 0.15) is 0 Å². The number of hydrogen-bond donors (Lipinski definition) is 3. The fourth-order valence-electron chi connectivity index (χ4n) is 1.95. The second-order valence-corrected chi connectivity index (χ2v) is 6.47. The van der Waals surface area contributed by atoms with Crippen LogP contribution < -0.4 is 10.5 Å². The average molecular weight is 319 g/mol. The molecule has 1 aromatic carbocycles. The highest BCUT2D eigenvalue weighted by molar-refractivity contribution is 7.90. The van der Waals surface area contributed by atoms with Crippen molar-refractivity contribution in [3.05, 3.63) is 28.8 Å². The lowest BCUT2D eigenvalue weighted by molar-refractivity contribution is 0.318. The fraction of sp³-hybridized carbons (Fsp3) is 0.364. The maximum atomic E-state index is 12.1. The van der Waals surface area contributed by atoms with Crippen LogP contribution >= 0.6 is 11.6 Å². The minimum absolute atomic E-state index is 0.0964. The Hall–Kier alpha value is -1.51. The van der Waals surface area contributed by atoms with Gasteiger partial charge in [0.2, 0.25) is 0 Å². The van der Waals surface area contributed by atoms with Gasteiger partial charge in [-0.2, -0.15) is 12.7 Å². The lowest BCUT2D eigenvalue weighted by Gasteiger charge is -2.17. The van der Waals surface area contributed by atoms with Crippen molar-refractivity contribution < 1.29 is 13.6 Å². The molecule has 0 saturated carbocycles. The first kappa shape index (κ1) is 14.9. The molecule has 0 aromatic heterocycles. The van der Waals surface area contributed by atoms with E-state index in [0.29, 0.717) is 18.7 Å². The van der Waals surface area contributed by atoms with Gasteiger partial charge in [0.15, 0.2) is 5.84 Å². The molecule has 0 radical (unpaired) electrons. The molecule has 0 aliphatic carbocycles. The van der Waals surface area contributed by atoms with E-state index < -0.39 is 10.2 Å². The molecule has 20 heavy (non-hydrogen) atoms. The van der Waals surface area contributed by atoms with Gasteiger partial charge in [0.25, 0.3) is 0 Å². The minimum Gasteiger partial charge on any atom is -0.409 e. The highest BCUT2D eigenvalue weighted by Gasteiger charge is 2.25. The van der Waals surface area contributed by atoms with Crippen LogP contribution in [0.25, 0.3) is 0 Å². The first-order valence-corrected chi connectivity index (χ1v) is 7.81. The molecule has 1 fully saturated rings. The summed E-state index contributed by atoms with van der Waals surface area (Å²) < 4.78 is 28.0. The van der Waals surface area contributed by atoms with E-state index in [4.69, 9.17) is 22.5 Å². The van der Waals surface area contributed by atoms with Crippen molar-refractivity contribution in [2.24, 2.45) is 10.9 Å². The topological polar surface area (TPSA) is 108 Å². The third-order valence-electron chi connectivity index (χ3n) is 3.02. The van der Waals surface area contributed by atoms with Crippen molar-refractivity contribution in [2.45, 2.75) is 12.8 Å². The van der Waals surface area contributed by atoms with Gasteiger partial charge >= 0.3 is 10.2 Å². The molecule has 110 valence electrons. The molecule has 1 saturated heterocycles. The van der Waals surface area contributed by atoms with Gasteiger partial charge in [-0.1, -0.05) is 16.8 Å². The third-order valence-corrected chi connectivity index (χ3v) is 4.85. The van der Waals surface area contributed by atoms with Crippen LogP contribution in [0.4, 0.5) is 5.69 Å². The second kappa shape index (κ2) is 5.86. The lowest BCUT2D eigenvalue weighted by Crippen LogP contribution is -2.33. The molecule has 1 aliphatic heterocycles. The second-order valence-electron chi connectivity index (χ2n) is 4.39. The van der Waals surface area contributed by atoms with Crippen molar-refractivity contribution in [1.82, 2.24) is 4.31 Å². The zero-order chi connectivity index (χ0) is 14.8. The number of amidine groups is 1. The molecular formula is C11H15ClN4O3S. The van der Waals surface area contributed by atoms with Crippen LogP contribution in [0.5, 0.6) is 0 Å². The summed E-state index contributed by atoms with van der Waals surface area (Å²) in [6.45, 7) is 1.02. The van der Waals surface area contributed by atoms with Crippen molar-refractivity contribution in [1.29, 1.82) is 0 Å². The molecule has 0 bridgehead atoms. The lowest BCUT2D eigenvalue weighted by atomic mass is 10.2. The summed E-state index contributed by atoms with van der Waals surface area (Å²) in [6, 6.07) is 4.42. The van der Waals surface area contributed by atoms with Crippen LogP contribution in [-0.2, 0) is 10.2 Å². The summed E-state index contributed by atoms with van der Waals surface area (Å²) in [5.74, 6) is -0.0964.